The molecule has 0 amide bonds. The number of rotatable bonds is 3. The summed E-state index contributed by atoms with van der Waals surface area (Å²) in [5.74, 6) is 0. The summed E-state index contributed by atoms with van der Waals surface area (Å²) < 4.78 is 0. The van der Waals surface area contributed by atoms with Gasteiger partial charge in [0.05, 0.1) is 12.3 Å². The van der Waals surface area contributed by atoms with Crippen molar-refractivity contribution in [3.63, 3.8) is 0 Å². The van der Waals surface area contributed by atoms with Gasteiger partial charge in [-0.2, -0.15) is 13.3 Å². The average molecular weight is 286 g/mol. The maximum absolute atomic E-state index is 4.77. The van der Waals surface area contributed by atoms with Gasteiger partial charge in [-0.3, -0.25) is 0 Å². The smallest absolute Gasteiger partial charge is 0.0642 e. The Bertz CT molecular complexity index is 249. The summed E-state index contributed by atoms with van der Waals surface area (Å²) >= 11 is 0. The normalized spacial score (nSPS) is 42.3. The molecule has 0 radical (unpaired) electrons. The SMILES string of the molecule is [CH2-][P+]1(CC[P+]2([CH2-])[C@@H](C)CC[C@@H]2C)[C@@H](C)CC[C@@H]1C. The van der Waals surface area contributed by atoms with E-state index in [1.165, 1.54) is 38.0 Å². The van der Waals surface area contributed by atoms with Crippen LogP contribution in [0.4, 0.5) is 0 Å². The summed E-state index contributed by atoms with van der Waals surface area (Å²) in [6.45, 7) is 19.4. The van der Waals surface area contributed by atoms with Gasteiger partial charge in [0.25, 0.3) is 0 Å². The first kappa shape index (κ1) is 15.3. The number of hydrogen-bond donors (Lipinski definition) is 0. The van der Waals surface area contributed by atoms with Gasteiger partial charge in [-0.15, -0.1) is 14.5 Å². The van der Waals surface area contributed by atoms with Crippen LogP contribution in [0.3, 0.4) is 0 Å². The molecule has 2 rings (SSSR count). The van der Waals surface area contributed by atoms with E-state index in [1.54, 1.807) is 0 Å². The second-order valence-electron chi connectivity index (χ2n) is 7.20. The highest BCUT2D eigenvalue weighted by molar-refractivity contribution is 7.82. The second kappa shape index (κ2) is 5.33. The van der Waals surface area contributed by atoms with Crippen molar-refractivity contribution >= 4 is 14.5 Å². The Morgan fingerprint density at radius 1 is 0.667 bits per heavy atom. The Labute approximate surface area is 116 Å². The fourth-order valence-corrected chi connectivity index (χ4v) is 13.2. The fraction of sp³-hybridized carbons (Fsp3) is 0.875. The van der Waals surface area contributed by atoms with Crippen molar-refractivity contribution in [2.75, 3.05) is 12.3 Å². The Hall–Kier alpha value is 0.860. The van der Waals surface area contributed by atoms with Crippen LogP contribution in [0.1, 0.15) is 53.4 Å². The van der Waals surface area contributed by atoms with Crippen molar-refractivity contribution < 1.29 is 0 Å². The van der Waals surface area contributed by atoms with E-state index >= 15 is 0 Å². The molecular formula is C16H32P2. The van der Waals surface area contributed by atoms with Gasteiger partial charge in [-0.25, -0.2) is 0 Å². The van der Waals surface area contributed by atoms with E-state index in [0.717, 1.165) is 22.6 Å². The van der Waals surface area contributed by atoms with Crippen molar-refractivity contribution in [2.45, 2.75) is 76.0 Å². The molecule has 2 aliphatic heterocycles. The van der Waals surface area contributed by atoms with Crippen LogP contribution in [0.2, 0.25) is 0 Å². The monoisotopic (exact) mass is 286 g/mol. The predicted molar refractivity (Wildman–Crippen MR) is 90.6 cm³/mol. The van der Waals surface area contributed by atoms with Gasteiger partial charge in [-0.05, 0) is 53.4 Å². The molecule has 18 heavy (non-hydrogen) atoms. The molecule has 0 spiro atoms. The Kier molecular flexibility index (Phi) is 4.52. The molecule has 2 fully saturated rings. The topological polar surface area (TPSA) is 0 Å². The molecule has 0 unspecified atom stereocenters. The molecule has 106 valence electrons. The van der Waals surface area contributed by atoms with Gasteiger partial charge in [0.15, 0.2) is 0 Å². The predicted octanol–water partition coefficient (Wildman–Crippen LogP) is 5.75. The highest BCUT2D eigenvalue weighted by Gasteiger charge is 2.48. The lowest BCUT2D eigenvalue weighted by atomic mass is 10.2. The molecule has 0 N–H and O–H groups in total. The van der Waals surface area contributed by atoms with E-state index in [9.17, 15) is 0 Å². The van der Waals surface area contributed by atoms with Crippen LogP contribution >= 0.6 is 14.5 Å². The highest BCUT2D eigenvalue weighted by atomic mass is 31.2. The molecule has 0 aromatic heterocycles. The van der Waals surface area contributed by atoms with E-state index < -0.39 is 14.5 Å². The van der Waals surface area contributed by atoms with Gasteiger partial charge in [0, 0.05) is 22.6 Å². The Morgan fingerprint density at radius 3 is 1.11 bits per heavy atom. The van der Waals surface area contributed by atoms with Crippen molar-refractivity contribution in [3.05, 3.63) is 13.3 Å². The van der Waals surface area contributed by atoms with Gasteiger partial charge < -0.3 is 0 Å². The molecule has 0 nitrogen and oxygen atoms in total. The lowest BCUT2D eigenvalue weighted by Crippen LogP contribution is -2.19. The molecule has 0 aromatic carbocycles. The van der Waals surface area contributed by atoms with E-state index in [0.29, 0.717) is 0 Å². The molecule has 2 heteroatoms. The summed E-state index contributed by atoms with van der Waals surface area (Å²) in [5.41, 5.74) is 3.69. The lowest BCUT2D eigenvalue weighted by Gasteiger charge is -2.40. The van der Waals surface area contributed by atoms with Crippen LogP contribution in [0.25, 0.3) is 0 Å². The molecule has 2 aliphatic rings. The minimum atomic E-state index is -0.912. The molecule has 0 aromatic rings. The third kappa shape index (κ3) is 2.42. The summed E-state index contributed by atoms with van der Waals surface area (Å²) in [6, 6.07) is 0. The van der Waals surface area contributed by atoms with Crippen molar-refractivity contribution in [3.8, 4) is 0 Å². The molecule has 0 aliphatic carbocycles. The molecule has 2 saturated heterocycles. The van der Waals surface area contributed by atoms with E-state index in [1.807, 2.05) is 0 Å². The summed E-state index contributed by atoms with van der Waals surface area (Å²) in [7, 11) is -1.82. The minimum absolute atomic E-state index is 0.912. The van der Waals surface area contributed by atoms with Crippen LogP contribution in [0.5, 0.6) is 0 Å². The zero-order chi connectivity index (χ0) is 13.6. The lowest BCUT2D eigenvalue weighted by molar-refractivity contribution is 0.777. The molecular weight excluding hydrogens is 254 g/mol. The van der Waals surface area contributed by atoms with Gasteiger partial charge in [0.1, 0.15) is 0 Å². The standard InChI is InChI=1S/C16H32P2/c1-13-7-8-14(2)17(13,5)11-12-18(6)15(3)9-10-16(18)4/h13-16H,5-12H2,1-4H3/t13-,14-,15-,16-/m0/s1. The van der Waals surface area contributed by atoms with Crippen molar-refractivity contribution in [1.82, 2.24) is 0 Å². The largest absolute Gasteiger partial charge is 0.179 e. The minimum Gasteiger partial charge on any atom is -0.179 e. The van der Waals surface area contributed by atoms with Crippen LogP contribution in [0, 0.1) is 13.3 Å². The van der Waals surface area contributed by atoms with Crippen LogP contribution in [-0.4, -0.2) is 35.0 Å². The average Bonchev–Trinajstić information content (AvgIpc) is 2.74. The zero-order valence-electron chi connectivity index (χ0n) is 12.9. The first-order chi connectivity index (χ1) is 8.30. The Balaban J connectivity index is 2.03. The highest BCUT2D eigenvalue weighted by Crippen LogP contribution is 2.77. The zero-order valence-corrected chi connectivity index (χ0v) is 14.6. The summed E-state index contributed by atoms with van der Waals surface area (Å²) in [6.07, 6.45) is 8.64. The van der Waals surface area contributed by atoms with Crippen LogP contribution in [-0.2, 0) is 0 Å². The summed E-state index contributed by atoms with van der Waals surface area (Å²) in [5, 5.41) is 0. The fourth-order valence-electron chi connectivity index (χ4n) is 4.12. The number of hydrogen-bond acceptors (Lipinski definition) is 0. The molecule has 2 heterocycles. The van der Waals surface area contributed by atoms with Gasteiger partial charge >= 0.3 is 0 Å². The van der Waals surface area contributed by atoms with E-state index in [4.69, 9.17) is 13.3 Å². The first-order valence-corrected chi connectivity index (χ1v) is 12.3. The third-order valence-electron chi connectivity index (χ3n) is 6.45. The maximum atomic E-state index is 4.77. The van der Waals surface area contributed by atoms with E-state index in [2.05, 4.69) is 27.7 Å². The van der Waals surface area contributed by atoms with Crippen molar-refractivity contribution in [2.24, 2.45) is 0 Å². The molecule has 4 atom stereocenters. The first-order valence-electron chi connectivity index (χ1n) is 7.74. The van der Waals surface area contributed by atoms with Crippen LogP contribution in [0.15, 0.2) is 0 Å². The summed E-state index contributed by atoms with van der Waals surface area (Å²) in [4.78, 5) is 0. The van der Waals surface area contributed by atoms with E-state index in [-0.39, 0.29) is 0 Å². The third-order valence-corrected chi connectivity index (χ3v) is 17.0. The van der Waals surface area contributed by atoms with Crippen LogP contribution < -0.4 is 0 Å². The quantitative estimate of drug-likeness (QED) is 0.458. The van der Waals surface area contributed by atoms with Gasteiger partial charge in [-0.1, -0.05) is 0 Å². The maximum Gasteiger partial charge on any atom is 0.0642 e. The van der Waals surface area contributed by atoms with Gasteiger partial charge in [0.2, 0.25) is 0 Å². The second-order valence-corrected chi connectivity index (χ2v) is 16.0. The molecule has 0 saturated carbocycles. The van der Waals surface area contributed by atoms with Crippen molar-refractivity contribution in [1.29, 1.82) is 0 Å². The Morgan fingerprint density at radius 2 is 0.889 bits per heavy atom. The molecule has 0 bridgehead atoms.